The first-order valence-corrected chi connectivity index (χ1v) is 13.7. The summed E-state index contributed by atoms with van der Waals surface area (Å²) in [5.41, 5.74) is 1.19. The number of hydrogen-bond donors (Lipinski definition) is 0. The van der Waals surface area contributed by atoms with Gasteiger partial charge >= 0.3 is 6.18 Å². The summed E-state index contributed by atoms with van der Waals surface area (Å²) in [6.45, 7) is 1.52. The van der Waals surface area contributed by atoms with Crippen molar-refractivity contribution < 1.29 is 26.4 Å². The molecule has 6 nitrogen and oxygen atoms in total. The average molecular weight is 552 g/mol. The van der Waals surface area contributed by atoms with E-state index >= 15 is 0 Å². The molecule has 0 bridgehead atoms. The highest BCUT2D eigenvalue weighted by molar-refractivity contribution is 7.92. The van der Waals surface area contributed by atoms with E-state index in [4.69, 9.17) is 11.6 Å². The van der Waals surface area contributed by atoms with Crippen LogP contribution >= 0.6 is 11.6 Å². The summed E-state index contributed by atoms with van der Waals surface area (Å²) < 4.78 is 65.3. The predicted octanol–water partition coefficient (Wildman–Crippen LogP) is 5.29. The number of benzene rings is 3. The van der Waals surface area contributed by atoms with Gasteiger partial charge in [-0.05, 0) is 54.1 Å². The Morgan fingerprint density at radius 2 is 1.59 bits per heavy atom. The Kier molecular flexibility index (Phi) is 7.70. The van der Waals surface area contributed by atoms with E-state index in [-0.39, 0.29) is 12.5 Å². The maximum absolute atomic E-state index is 13.1. The van der Waals surface area contributed by atoms with Crippen molar-refractivity contribution in [1.29, 1.82) is 0 Å². The van der Waals surface area contributed by atoms with Crippen molar-refractivity contribution in [2.45, 2.75) is 12.7 Å². The summed E-state index contributed by atoms with van der Waals surface area (Å²) in [7, 11) is -3.63. The van der Waals surface area contributed by atoms with E-state index in [0.29, 0.717) is 53.7 Å². The highest BCUT2D eigenvalue weighted by atomic mass is 35.5. The Bertz CT molecular complexity index is 1370. The second-order valence-corrected chi connectivity index (χ2v) is 11.0. The number of carbonyl (C=O) groups excluding carboxylic acids is 1. The van der Waals surface area contributed by atoms with Crippen LogP contribution in [0.3, 0.4) is 0 Å². The molecular formula is C26H25ClF3N3O3S. The lowest BCUT2D eigenvalue weighted by molar-refractivity contribution is -0.137. The number of anilines is 2. The molecule has 4 rings (SSSR count). The molecular weight excluding hydrogens is 527 g/mol. The van der Waals surface area contributed by atoms with Crippen molar-refractivity contribution >= 4 is 38.9 Å². The van der Waals surface area contributed by atoms with Crippen LogP contribution < -0.4 is 9.21 Å². The molecule has 3 aromatic rings. The van der Waals surface area contributed by atoms with E-state index in [9.17, 15) is 26.4 Å². The number of alkyl halides is 3. The molecule has 1 aliphatic rings. The van der Waals surface area contributed by atoms with Crippen LogP contribution in [0.5, 0.6) is 0 Å². The number of rotatable bonds is 6. The molecule has 3 aromatic carbocycles. The Morgan fingerprint density at radius 3 is 2.19 bits per heavy atom. The van der Waals surface area contributed by atoms with Crippen LogP contribution in [0.25, 0.3) is 0 Å². The van der Waals surface area contributed by atoms with Crippen molar-refractivity contribution in [2.24, 2.45) is 0 Å². The normalized spacial score (nSPS) is 14.5. The summed E-state index contributed by atoms with van der Waals surface area (Å²) in [6, 6.07) is 18.4. The molecule has 0 aromatic heterocycles. The molecule has 0 saturated carbocycles. The van der Waals surface area contributed by atoms with Gasteiger partial charge in [-0.15, -0.1) is 0 Å². The van der Waals surface area contributed by atoms with E-state index in [0.717, 1.165) is 18.4 Å². The second-order valence-electron chi connectivity index (χ2n) is 8.74. The number of amides is 1. The first-order valence-electron chi connectivity index (χ1n) is 11.5. The zero-order chi connectivity index (χ0) is 26.8. The van der Waals surface area contributed by atoms with E-state index in [1.54, 1.807) is 59.5 Å². The summed E-state index contributed by atoms with van der Waals surface area (Å²) in [5.74, 6) is -0.229. The van der Waals surface area contributed by atoms with Gasteiger partial charge in [-0.25, -0.2) is 8.42 Å². The number of nitrogens with zero attached hydrogens (tertiary/aromatic N) is 3. The van der Waals surface area contributed by atoms with Crippen LogP contribution in [0.4, 0.5) is 24.5 Å². The number of carbonyl (C=O) groups is 1. The molecule has 0 aliphatic carbocycles. The van der Waals surface area contributed by atoms with Gasteiger partial charge < -0.3 is 9.80 Å². The van der Waals surface area contributed by atoms with Crippen molar-refractivity contribution in [2.75, 3.05) is 41.6 Å². The first-order chi connectivity index (χ1) is 17.4. The standard InChI is InChI=1S/C26H25ClF3N3O3S/c1-37(35,36)33(18-20-5-2-3-8-24(20)27)22-11-9-19(10-12-22)25(34)32-15-13-31(14-16-32)23-7-4-6-21(17-23)26(28,29)30/h2-12,17H,13-16,18H2,1H3. The fourth-order valence-electron chi connectivity index (χ4n) is 4.18. The molecule has 196 valence electrons. The Balaban J connectivity index is 1.43. The Labute approximate surface area is 218 Å². The van der Waals surface area contributed by atoms with E-state index < -0.39 is 21.8 Å². The highest BCUT2D eigenvalue weighted by Gasteiger charge is 2.31. The van der Waals surface area contributed by atoms with Crippen LogP contribution in [-0.2, 0) is 22.7 Å². The van der Waals surface area contributed by atoms with Gasteiger partial charge in [0.05, 0.1) is 24.1 Å². The summed E-state index contributed by atoms with van der Waals surface area (Å²) in [5, 5.41) is 0.451. The summed E-state index contributed by atoms with van der Waals surface area (Å²) >= 11 is 6.21. The average Bonchev–Trinajstić information content (AvgIpc) is 2.87. The summed E-state index contributed by atoms with van der Waals surface area (Å²) in [4.78, 5) is 16.5. The largest absolute Gasteiger partial charge is 0.416 e. The quantitative estimate of drug-likeness (QED) is 0.418. The molecule has 37 heavy (non-hydrogen) atoms. The lowest BCUT2D eigenvalue weighted by Crippen LogP contribution is -2.48. The number of halogens is 4. The molecule has 0 unspecified atom stereocenters. The van der Waals surface area contributed by atoms with Gasteiger partial charge in [0.2, 0.25) is 10.0 Å². The van der Waals surface area contributed by atoms with Crippen LogP contribution in [0.1, 0.15) is 21.5 Å². The van der Waals surface area contributed by atoms with Crippen LogP contribution in [0.15, 0.2) is 72.8 Å². The molecule has 1 amide bonds. The highest BCUT2D eigenvalue weighted by Crippen LogP contribution is 2.32. The molecule has 1 saturated heterocycles. The fraction of sp³-hybridized carbons (Fsp3) is 0.269. The Morgan fingerprint density at radius 1 is 0.946 bits per heavy atom. The minimum atomic E-state index is -4.42. The minimum absolute atomic E-state index is 0.0449. The third kappa shape index (κ3) is 6.37. The van der Waals surface area contributed by atoms with E-state index in [2.05, 4.69) is 0 Å². The number of sulfonamides is 1. The minimum Gasteiger partial charge on any atom is -0.368 e. The van der Waals surface area contributed by atoms with E-state index in [1.165, 1.54) is 10.4 Å². The van der Waals surface area contributed by atoms with Crippen LogP contribution in [-0.4, -0.2) is 51.7 Å². The topological polar surface area (TPSA) is 60.9 Å². The van der Waals surface area contributed by atoms with Crippen molar-refractivity contribution in [3.05, 3.63) is 94.5 Å². The zero-order valence-electron chi connectivity index (χ0n) is 20.0. The molecule has 1 fully saturated rings. The van der Waals surface area contributed by atoms with Gasteiger partial charge in [0.15, 0.2) is 0 Å². The maximum Gasteiger partial charge on any atom is 0.416 e. The molecule has 0 N–H and O–H groups in total. The maximum atomic E-state index is 13.1. The Hall–Kier alpha value is -3.24. The third-order valence-corrected chi connectivity index (χ3v) is 7.69. The fourth-order valence-corrected chi connectivity index (χ4v) is 5.25. The van der Waals surface area contributed by atoms with Gasteiger partial charge in [-0.2, -0.15) is 13.2 Å². The second kappa shape index (κ2) is 10.6. The van der Waals surface area contributed by atoms with Gasteiger partial charge in [-0.1, -0.05) is 35.9 Å². The number of piperazine rings is 1. The van der Waals surface area contributed by atoms with Gasteiger partial charge in [-0.3, -0.25) is 9.10 Å². The number of hydrogen-bond acceptors (Lipinski definition) is 4. The molecule has 1 heterocycles. The molecule has 0 spiro atoms. The van der Waals surface area contributed by atoms with E-state index in [1.807, 2.05) is 4.90 Å². The van der Waals surface area contributed by atoms with Crippen molar-refractivity contribution in [3.8, 4) is 0 Å². The zero-order valence-corrected chi connectivity index (χ0v) is 21.5. The molecule has 0 radical (unpaired) electrons. The van der Waals surface area contributed by atoms with Gasteiger partial charge in [0.25, 0.3) is 5.91 Å². The lowest BCUT2D eigenvalue weighted by atomic mass is 10.1. The SMILES string of the molecule is CS(=O)(=O)N(Cc1ccccc1Cl)c1ccc(C(=O)N2CCN(c3cccc(C(F)(F)F)c3)CC2)cc1. The monoisotopic (exact) mass is 551 g/mol. The van der Waals surface area contributed by atoms with Gasteiger partial charge in [0.1, 0.15) is 0 Å². The lowest BCUT2D eigenvalue weighted by Gasteiger charge is -2.36. The third-order valence-electron chi connectivity index (χ3n) is 6.18. The van der Waals surface area contributed by atoms with Crippen LogP contribution in [0.2, 0.25) is 5.02 Å². The smallest absolute Gasteiger partial charge is 0.368 e. The van der Waals surface area contributed by atoms with Crippen molar-refractivity contribution in [1.82, 2.24) is 4.90 Å². The molecule has 11 heteroatoms. The van der Waals surface area contributed by atoms with Crippen LogP contribution in [0, 0.1) is 0 Å². The van der Waals surface area contributed by atoms with Gasteiger partial charge in [0, 0.05) is 42.5 Å². The summed E-state index contributed by atoms with van der Waals surface area (Å²) in [6.07, 6.45) is -3.31. The van der Waals surface area contributed by atoms with Crippen molar-refractivity contribution in [3.63, 3.8) is 0 Å². The molecule has 0 atom stereocenters. The first kappa shape index (κ1) is 26.8. The predicted molar refractivity (Wildman–Crippen MR) is 138 cm³/mol. The molecule has 1 aliphatic heterocycles.